The zero-order chi connectivity index (χ0) is 17.3. The van der Waals surface area contributed by atoms with Gasteiger partial charge in [-0.15, -0.1) is 0 Å². The van der Waals surface area contributed by atoms with Gasteiger partial charge in [0.15, 0.2) is 0 Å². The largest absolute Gasteiger partial charge is 0.492 e. The van der Waals surface area contributed by atoms with Gasteiger partial charge in [-0.1, -0.05) is 6.07 Å². The minimum Gasteiger partial charge on any atom is -0.492 e. The Morgan fingerprint density at radius 1 is 1.17 bits per heavy atom. The molecule has 130 valence electrons. The number of ether oxygens (including phenoxy) is 1. The fourth-order valence-corrected chi connectivity index (χ4v) is 5.48. The Bertz CT molecular complexity index is 763. The number of nitrogens with zero attached hydrogens (tertiary/aromatic N) is 1. The van der Waals surface area contributed by atoms with Gasteiger partial charge in [0.2, 0.25) is 10.0 Å². The molecular formula is C15H23NO5S2. The highest BCUT2D eigenvalue weighted by atomic mass is 32.2. The second-order valence-corrected chi connectivity index (χ2v) is 10.0. The van der Waals surface area contributed by atoms with E-state index in [1.165, 1.54) is 10.6 Å². The number of aryl methyl sites for hydroxylation is 1. The first kappa shape index (κ1) is 18.2. The number of sulfonamides is 1. The Balaban J connectivity index is 2.28. The normalized spacial score (nSPS) is 18.0. The molecule has 0 atom stereocenters. The van der Waals surface area contributed by atoms with Crippen molar-refractivity contribution in [1.82, 2.24) is 4.31 Å². The van der Waals surface area contributed by atoms with Crippen molar-refractivity contribution in [3.05, 3.63) is 23.8 Å². The highest BCUT2D eigenvalue weighted by Gasteiger charge is 2.34. The van der Waals surface area contributed by atoms with Crippen LogP contribution in [0.3, 0.4) is 0 Å². The predicted octanol–water partition coefficient (Wildman–Crippen LogP) is 1.59. The molecule has 2 rings (SSSR count). The molecule has 1 aromatic rings. The highest BCUT2D eigenvalue weighted by Crippen LogP contribution is 2.30. The van der Waals surface area contributed by atoms with Crippen LogP contribution in [-0.2, 0) is 19.9 Å². The van der Waals surface area contributed by atoms with E-state index in [0.717, 1.165) is 5.56 Å². The maximum Gasteiger partial charge on any atom is 0.246 e. The summed E-state index contributed by atoms with van der Waals surface area (Å²) in [5.74, 6) is 0.336. The maximum atomic E-state index is 12.9. The van der Waals surface area contributed by atoms with E-state index in [2.05, 4.69) is 0 Å². The first-order valence-electron chi connectivity index (χ1n) is 7.58. The monoisotopic (exact) mass is 361 g/mol. The van der Waals surface area contributed by atoms with Crippen molar-refractivity contribution in [2.24, 2.45) is 0 Å². The van der Waals surface area contributed by atoms with E-state index in [4.69, 9.17) is 4.74 Å². The molecule has 0 spiro atoms. The van der Waals surface area contributed by atoms with Crippen molar-refractivity contribution in [2.75, 3.05) is 26.0 Å². The van der Waals surface area contributed by atoms with Gasteiger partial charge in [0, 0.05) is 19.3 Å². The smallest absolute Gasteiger partial charge is 0.246 e. The first-order chi connectivity index (χ1) is 10.7. The van der Waals surface area contributed by atoms with Crippen molar-refractivity contribution in [2.45, 2.75) is 36.8 Å². The van der Waals surface area contributed by atoms with Gasteiger partial charge < -0.3 is 4.74 Å². The average molecular weight is 361 g/mol. The van der Waals surface area contributed by atoms with E-state index in [0.29, 0.717) is 25.2 Å². The number of piperidine rings is 1. The predicted molar refractivity (Wildman–Crippen MR) is 89.0 cm³/mol. The van der Waals surface area contributed by atoms with Crippen molar-refractivity contribution in [3.63, 3.8) is 0 Å². The average Bonchev–Trinajstić information content (AvgIpc) is 2.48. The molecule has 1 aliphatic heterocycles. The number of rotatable bonds is 5. The minimum atomic E-state index is -3.69. The van der Waals surface area contributed by atoms with Crippen LogP contribution < -0.4 is 4.74 Å². The van der Waals surface area contributed by atoms with Crippen LogP contribution in [0.25, 0.3) is 0 Å². The SMILES string of the molecule is CCOc1ccc(C)cc1S(=O)(=O)N1CCC(S(C)(=O)=O)CC1. The van der Waals surface area contributed by atoms with Crippen LogP contribution in [0, 0.1) is 6.92 Å². The second-order valence-electron chi connectivity index (χ2n) is 5.82. The summed E-state index contributed by atoms with van der Waals surface area (Å²) in [4.78, 5) is 0.150. The van der Waals surface area contributed by atoms with E-state index in [1.807, 2.05) is 6.92 Å². The standard InChI is InChI=1S/C15H23NO5S2/c1-4-21-14-6-5-12(2)11-15(14)23(19,20)16-9-7-13(8-10-16)22(3,17)18/h5-6,11,13H,4,7-10H2,1-3H3. The van der Waals surface area contributed by atoms with E-state index < -0.39 is 25.1 Å². The fourth-order valence-electron chi connectivity index (χ4n) is 2.73. The van der Waals surface area contributed by atoms with Crippen LogP contribution in [0.15, 0.2) is 23.1 Å². The molecule has 1 aromatic carbocycles. The zero-order valence-electron chi connectivity index (χ0n) is 13.6. The minimum absolute atomic E-state index is 0.150. The summed E-state index contributed by atoms with van der Waals surface area (Å²) in [6, 6.07) is 5.07. The number of sulfone groups is 1. The van der Waals surface area contributed by atoms with Crippen LogP contribution in [0.5, 0.6) is 5.75 Å². The van der Waals surface area contributed by atoms with Gasteiger partial charge >= 0.3 is 0 Å². The van der Waals surface area contributed by atoms with Crippen molar-refractivity contribution in [3.8, 4) is 5.75 Å². The van der Waals surface area contributed by atoms with Crippen LogP contribution in [0.4, 0.5) is 0 Å². The third-order valence-corrected chi connectivity index (χ3v) is 7.63. The van der Waals surface area contributed by atoms with Crippen molar-refractivity contribution < 1.29 is 21.6 Å². The molecule has 1 aliphatic rings. The molecule has 0 aromatic heterocycles. The van der Waals surface area contributed by atoms with Gasteiger partial charge in [-0.2, -0.15) is 4.31 Å². The molecule has 1 fully saturated rings. The van der Waals surface area contributed by atoms with Gasteiger partial charge in [0.1, 0.15) is 20.5 Å². The molecule has 0 amide bonds. The molecule has 23 heavy (non-hydrogen) atoms. The third-order valence-electron chi connectivity index (χ3n) is 4.02. The van der Waals surface area contributed by atoms with Gasteiger partial charge in [-0.25, -0.2) is 16.8 Å². The molecule has 1 heterocycles. The summed E-state index contributed by atoms with van der Waals surface area (Å²) in [5.41, 5.74) is 0.832. The molecule has 8 heteroatoms. The molecule has 0 bridgehead atoms. The number of hydrogen-bond donors (Lipinski definition) is 0. The molecule has 0 radical (unpaired) electrons. The third kappa shape index (κ3) is 4.05. The lowest BCUT2D eigenvalue weighted by molar-refractivity contribution is 0.322. The first-order valence-corrected chi connectivity index (χ1v) is 11.0. The Morgan fingerprint density at radius 2 is 1.78 bits per heavy atom. The molecule has 1 saturated heterocycles. The fraction of sp³-hybridized carbons (Fsp3) is 0.600. The summed E-state index contributed by atoms with van der Waals surface area (Å²) in [6.45, 7) is 4.42. The summed E-state index contributed by atoms with van der Waals surface area (Å²) in [6.07, 6.45) is 1.86. The van der Waals surface area contributed by atoms with Gasteiger partial charge in [0.25, 0.3) is 0 Å². The van der Waals surface area contributed by atoms with Crippen molar-refractivity contribution in [1.29, 1.82) is 0 Å². The molecule has 0 unspecified atom stereocenters. The quantitative estimate of drug-likeness (QED) is 0.796. The van der Waals surface area contributed by atoms with Gasteiger partial charge in [-0.3, -0.25) is 0 Å². The Kier molecular flexibility index (Phi) is 5.37. The maximum absolute atomic E-state index is 12.9. The summed E-state index contributed by atoms with van der Waals surface area (Å²) in [7, 11) is -6.82. The Morgan fingerprint density at radius 3 is 2.30 bits per heavy atom. The van der Waals surface area contributed by atoms with E-state index >= 15 is 0 Å². The molecule has 0 aliphatic carbocycles. The van der Waals surface area contributed by atoms with Crippen LogP contribution in [0.2, 0.25) is 0 Å². The topological polar surface area (TPSA) is 80.8 Å². The summed E-state index contributed by atoms with van der Waals surface area (Å²) in [5, 5.41) is -0.460. The summed E-state index contributed by atoms with van der Waals surface area (Å²) < 4.78 is 55.8. The molecule has 0 N–H and O–H groups in total. The Labute approximate surface area is 138 Å². The lowest BCUT2D eigenvalue weighted by Crippen LogP contribution is -2.42. The van der Waals surface area contributed by atoms with E-state index in [-0.39, 0.29) is 18.0 Å². The Hall–Kier alpha value is -1.12. The number of benzene rings is 1. The van der Waals surface area contributed by atoms with Crippen LogP contribution >= 0.6 is 0 Å². The second kappa shape index (κ2) is 6.78. The lowest BCUT2D eigenvalue weighted by Gasteiger charge is -2.30. The molecular weight excluding hydrogens is 338 g/mol. The van der Waals surface area contributed by atoms with Crippen molar-refractivity contribution >= 4 is 19.9 Å². The highest BCUT2D eigenvalue weighted by molar-refractivity contribution is 7.91. The van der Waals surface area contributed by atoms with Gasteiger partial charge in [0.05, 0.1) is 11.9 Å². The lowest BCUT2D eigenvalue weighted by atomic mass is 10.2. The van der Waals surface area contributed by atoms with Crippen LogP contribution in [0.1, 0.15) is 25.3 Å². The molecule has 6 nitrogen and oxygen atoms in total. The van der Waals surface area contributed by atoms with E-state index in [9.17, 15) is 16.8 Å². The van der Waals surface area contributed by atoms with E-state index in [1.54, 1.807) is 25.1 Å². The van der Waals surface area contributed by atoms with Gasteiger partial charge in [-0.05, 0) is 44.4 Å². The molecule has 0 saturated carbocycles. The van der Waals surface area contributed by atoms with Crippen LogP contribution in [-0.4, -0.2) is 52.3 Å². The zero-order valence-corrected chi connectivity index (χ0v) is 15.3. The number of hydrogen-bond acceptors (Lipinski definition) is 5. The summed E-state index contributed by atoms with van der Waals surface area (Å²) >= 11 is 0.